The summed E-state index contributed by atoms with van der Waals surface area (Å²) in [5, 5.41) is 0. The van der Waals surface area contributed by atoms with Crippen molar-refractivity contribution in [2.75, 3.05) is 18.0 Å². The Labute approximate surface area is 112 Å². The molecule has 2 heterocycles. The summed E-state index contributed by atoms with van der Waals surface area (Å²) in [7, 11) is 1.86. The van der Waals surface area contributed by atoms with Crippen LogP contribution in [0.3, 0.4) is 0 Å². The lowest BCUT2D eigenvalue weighted by molar-refractivity contribution is 0.0973. The first-order chi connectivity index (χ1) is 8.93. The largest absolute Gasteiger partial charge is 0.366 e. The van der Waals surface area contributed by atoms with Crippen LogP contribution in [0, 0.1) is 12.8 Å². The third-order valence-electron chi connectivity index (χ3n) is 4.05. The van der Waals surface area contributed by atoms with E-state index in [9.17, 15) is 9.59 Å². The first kappa shape index (κ1) is 12.2. The maximum Gasteiger partial charge on any atom is 0.203 e. The molecule has 1 aliphatic carbocycles. The maximum atomic E-state index is 12.7. The molecule has 4 heteroatoms. The summed E-state index contributed by atoms with van der Waals surface area (Å²) in [5.41, 5.74) is 3.76. The second-order valence-corrected chi connectivity index (χ2v) is 5.65. The summed E-state index contributed by atoms with van der Waals surface area (Å²) in [5.74, 6) is 0.0550. The number of aromatic nitrogens is 1. The highest BCUT2D eigenvalue weighted by molar-refractivity contribution is 6.26. The maximum absolute atomic E-state index is 12.7. The summed E-state index contributed by atoms with van der Waals surface area (Å²) >= 11 is 0. The van der Waals surface area contributed by atoms with E-state index in [1.165, 1.54) is 6.08 Å². The summed E-state index contributed by atoms with van der Waals surface area (Å²) in [6.45, 7) is 7.82. The van der Waals surface area contributed by atoms with Gasteiger partial charge in [0.15, 0.2) is 5.78 Å². The number of allylic oxidation sites excluding steroid dienone is 2. The van der Waals surface area contributed by atoms with Crippen LogP contribution in [0.15, 0.2) is 11.6 Å². The van der Waals surface area contributed by atoms with Crippen molar-refractivity contribution < 1.29 is 9.59 Å². The van der Waals surface area contributed by atoms with Crippen molar-refractivity contribution in [3.05, 3.63) is 28.6 Å². The van der Waals surface area contributed by atoms with Crippen LogP contribution in [-0.2, 0) is 7.05 Å². The molecule has 0 radical (unpaired) electrons. The fourth-order valence-corrected chi connectivity index (χ4v) is 2.80. The molecule has 1 aromatic rings. The van der Waals surface area contributed by atoms with Gasteiger partial charge in [0.25, 0.3) is 0 Å². The highest BCUT2D eigenvalue weighted by Crippen LogP contribution is 2.39. The van der Waals surface area contributed by atoms with Crippen molar-refractivity contribution in [1.29, 1.82) is 0 Å². The number of carbonyl (C=O) groups excluding carboxylic acids is 2. The van der Waals surface area contributed by atoms with Crippen LogP contribution in [0.5, 0.6) is 0 Å². The fraction of sp³-hybridized carbons (Fsp3) is 0.467. The van der Waals surface area contributed by atoms with Crippen LogP contribution in [0.25, 0.3) is 0 Å². The number of fused-ring (bicyclic) bond motifs is 1. The quantitative estimate of drug-likeness (QED) is 0.763. The molecule has 0 saturated carbocycles. The zero-order valence-electron chi connectivity index (χ0n) is 11.8. The molecule has 0 aromatic carbocycles. The average Bonchev–Trinajstić information content (AvgIpc) is 3.13. The first-order valence-electron chi connectivity index (χ1n) is 6.68. The standard InChI is InChI=1S/C15H18N2O2/c1-8(2)10-7-11(18)14-12(15(10)19)13(17-5-6-17)9(3)16(14)4/h7-8H,5-6H2,1-4H3. The summed E-state index contributed by atoms with van der Waals surface area (Å²) in [6, 6.07) is 0. The summed E-state index contributed by atoms with van der Waals surface area (Å²) in [4.78, 5) is 27.1. The second kappa shape index (κ2) is 3.83. The molecule has 3 rings (SSSR count). The number of hydrogen-bond acceptors (Lipinski definition) is 3. The molecule has 0 amide bonds. The Kier molecular flexibility index (Phi) is 2.46. The Balaban J connectivity index is 2.26. The van der Waals surface area contributed by atoms with Crippen LogP contribution in [0.2, 0.25) is 0 Å². The van der Waals surface area contributed by atoms with E-state index in [1.54, 1.807) is 0 Å². The van der Waals surface area contributed by atoms with Crippen LogP contribution in [0.4, 0.5) is 5.69 Å². The molecule has 2 aliphatic rings. The van der Waals surface area contributed by atoms with Gasteiger partial charge in [0.05, 0.1) is 11.3 Å². The van der Waals surface area contributed by atoms with Gasteiger partial charge in [0.1, 0.15) is 5.69 Å². The van der Waals surface area contributed by atoms with Gasteiger partial charge in [0, 0.05) is 31.4 Å². The highest BCUT2D eigenvalue weighted by Gasteiger charge is 2.37. The van der Waals surface area contributed by atoms with Gasteiger partial charge in [0.2, 0.25) is 5.78 Å². The number of anilines is 1. The molecule has 1 fully saturated rings. The molecule has 0 spiro atoms. The van der Waals surface area contributed by atoms with E-state index < -0.39 is 0 Å². The van der Waals surface area contributed by atoms with E-state index in [0.29, 0.717) is 16.8 Å². The number of rotatable bonds is 2. The Morgan fingerprint density at radius 3 is 2.37 bits per heavy atom. The van der Waals surface area contributed by atoms with Gasteiger partial charge in [-0.25, -0.2) is 0 Å². The number of ketones is 2. The van der Waals surface area contributed by atoms with Crippen LogP contribution >= 0.6 is 0 Å². The van der Waals surface area contributed by atoms with Gasteiger partial charge in [-0.2, -0.15) is 0 Å². The predicted octanol–water partition coefficient (Wildman–Crippen LogP) is 2.11. The van der Waals surface area contributed by atoms with E-state index in [4.69, 9.17) is 0 Å². The van der Waals surface area contributed by atoms with Crippen molar-refractivity contribution in [3.63, 3.8) is 0 Å². The molecule has 1 saturated heterocycles. The zero-order chi connectivity index (χ0) is 13.9. The van der Waals surface area contributed by atoms with E-state index in [-0.39, 0.29) is 17.5 Å². The van der Waals surface area contributed by atoms with E-state index in [2.05, 4.69) is 4.90 Å². The second-order valence-electron chi connectivity index (χ2n) is 5.65. The fourth-order valence-electron chi connectivity index (χ4n) is 2.80. The molecule has 0 bridgehead atoms. The molecule has 0 unspecified atom stereocenters. The topological polar surface area (TPSA) is 42.1 Å². The minimum absolute atomic E-state index is 0.0233. The molecule has 1 aromatic heterocycles. The SMILES string of the molecule is Cc1c(N2CC2)c2c(n1C)C(=O)C=C(C(C)C)C2=O. The predicted molar refractivity (Wildman–Crippen MR) is 73.9 cm³/mol. The Hall–Kier alpha value is -1.84. The molecule has 100 valence electrons. The van der Waals surface area contributed by atoms with Crippen molar-refractivity contribution in [1.82, 2.24) is 4.57 Å². The van der Waals surface area contributed by atoms with E-state index >= 15 is 0 Å². The summed E-state index contributed by atoms with van der Waals surface area (Å²) < 4.78 is 1.86. The third kappa shape index (κ3) is 1.59. The van der Waals surface area contributed by atoms with Crippen molar-refractivity contribution in [3.8, 4) is 0 Å². The first-order valence-corrected chi connectivity index (χ1v) is 6.68. The Morgan fingerprint density at radius 2 is 1.84 bits per heavy atom. The molecular formula is C15H18N2O2. The van der Waals surface area contributed by atoms with Crippen LogP contribution in [-0.4, -0.2) is 29.2 Å². The highest BCUT2D eigenvalue weighted by atomic mass is 16.1. The van der Waals surface area contributed by atoms with Crippen LogP contribution in [0.1, 0.15) is 40.4 Å². The molecule has 0 atom stereocenters. The van der Waals surface area contributed by atoms with Gasteiger partial charge >= 0.3 is 0 Å². The van der Waals surface area contributed by atoms with Crippen molar-refractivity contribution >= 4 is 17.3 Å². The van der Waals surface area contributed by atoms with Crippen LogP contribution < -0.4 is 4.90 Å². The smallest absolute Gasteiger partial charge is 0.203 e. The van der Waals surface area contributed by atoms with Crippen molar-refractivity contribution in [2.24, 2.45) is 13.0 Å². The van der Waals surface area contributed by atoms with E-state index in [1.807, 2.05) is 32.4 Å². The lowest BCUT2D eigenvalue weighted by Gasteiger charge is -2.17. The monoisotopic (exact) mass is 258 g/mol. The number of nitrogens with zero attached hydrogens (tertiary/aromatic N) is 2. The van der Waals surface area contributed by atoms with Gasteiger partial charge in [-0.15, -0.1) is 0 Å². The Morgan fingerprint density at radius 1 is 1.21 bits per heavy atom. The van der Waals surface area contributed by atoms with Gasteiger partial charge in [-0.3, -0.25) is 9.59 Å². The Bertz CT molecular complexity index is 631. The minimum Gasteiger partial charge on any atom is -0.366 e. The molecule has 0 N–H and O–H groups in total. The minimum atomic E-state index is -0.0444. The number of carbonyl (C=O) groups is 2. The molecule has 1 aliphatic heterocycles. The lowest BCUT2D eigenvalue weighted by atomic mass is 9.87. The number of Topliss-reactive ketones (excluding diaryl/α,β-unsaturated/α-hetero) is 1. The van der Waals surface area contributed by atoms with Gasteiger partial charge in [-0.05, 0) is 18.9 Å². The van der Waals surface area contributed by atoms with Gasteiger partial charge in [-0.1, -0.05) is 13.8 Å². The third-order valence-corrected chi connectivity index (χ3v) is 4.05. The van der Waals surface area contributed by atoms with Crippen molar-refractivity contribution in [2.45, 2.75) is 20.8 Å². The van der Waals surface area contributed by atoms with Gasteiger partial charge < -0.3 is 9.47 Å². The summed E-state index contributed by atoms with van der Waals surface area (Å²) in [6.07, 6.45) is 1.51. The molecule has 4 nitrogen and oxygen atoms in total. The normalized spacial score (nSPS) is 17.9. The zero-order valence-corrected chi connectivity index (χ0v) is 11.8. The number of hydrogen-bond donors (Lipinski definition) is 0. The van der Waals surface area contributed by atoms with E-state index in [0.717, 1.165) is 24.5 Å². The average molecular weight is 258 g/mol. The lowest BCUT2D eigenvalue weighted by Crippen LogP contribution is -2.21. The molecule has 19 heavy (non-hydrogen) atoms. The molecular weight excluding hydrogens is 240 g/mol.